The molecule has 0 aromatic rings. The average Bonchev–Trinajstić information content (AvgIpc) is 2.48. The van der Waals surface area contributed by atoms with E-state index in [-0.39, 0.29) is 19.7 Å². The number of urea groups is 1. The number of hydrogen-bond donors (Lipinski definition) is 3. The third-order valence-corrected chi connectivity index (χ3v) is 2.45. The van der Waals surface area contributed by atoms with E-state index in [9.17, 15) is 14.4 Å². The lowest BCUT2D eigenvalue weighted by Gasteiger charge is -2.26. The molecule has 0 saturated carbocycles. The normalized spacial score (nSPS) is 16.1. The Morgan fingerprint density at radius 3 is 2.65 bits per heavy atom. The lowest BCUT2D eigenvalue weighted by molar-refractivity contribution is -0.131. The first-order valence-corrected chi connectivity index (χ1v) is 5.36. The topological polar surface area (TPSA) is 98.7 Å². The van der Waals surface area contributed by atoms with Crippen molar-refractivity contribution in [3.8, 4) is 0 Å². The van der Waals surface area contributed by atoms with Gasteiger partial charge in [0.1, 0.15) is 6.54 Å². The zero-order valence-corrected chi connectivity index (χ0v) is 9.95. The van der Waals surface area contributed by atoms with Crippen molar-refractivity contribution in [3.63, 3.8) is 0 Å². The van der Waals surface area contributed by atoms with Crippen molar-refractivity contribution < 1.29 is 19.5 Å². The van der Waals surface area contributed by atoms with Crippen molar-refractivity contribution in [1.29, 1.82) is 0 Å². The van der Waals surface area contributed by atoms with E-state index in [2.05, 4.69) is 10.6 Å². The highest BCUT2D eigenvalue weighted by molar-refractivity contribution is 6.04. The van der Waals surface area contributed by atoms with Gasteiger partial charge in [0, 0.05) is 12.1 Å². The van der Waals surface area contributed by atoms with Crippen LogP contribution in [-0.4, -0.2) is 53.1 Å². The van der Waals surface area contributed by atoms with Gasteiger partial charge in [-0.1, -0.05) is 0 Å². The number of amides is 4. The number of aliphatic hydroxyl groups excluding tert-OH is 1. The molecule has 1 fully saturated rings. The quantitative estimate of drug-likeness (QED) is 0.529. The summed E-state index contributed by atoms with van der Waals surface area (Å²) in [4.78, 5) is 34.9. The Morgan fingerprint density at radius 1 is 1.53 bits per heavy atom. The predicted molar refractivity (Wildman–Crippen MR) is 59.0 cm³/mol. The number of aliphatic hydroxyl groups is 1. The first kappa shape index (κ1) is 13.4. The molecule has 3 N–H and O–H groups in total. The largest absolute Gasteiger partial charge is 0.396 e. The van der Waals surface area contributed by atoms with Gasteiger partial charge in [0.15, 0.2) is 0 Å². The third-order valence-electron chi connectivity index (χ3n) is 2.45. The van der Waals surface area contributed by atoms with Crippen LogP contribution in [0.1, 0.15) is 20.3 Å². The first-order chi connectivity index (χ1) is 7.85. The second-order valence-electron chi connectivity index (χ2n) is 4.54. The van der Waals surface area contributed by atoms with Gasteiger partial charge in [-0.2, -0.15) is 0 Å². The Kier molecular flexibility index (Phi) is 4.06. The van der Waals surface area contributed by atoms with Gasteiger partial charge >= 0.3 is 6.03 Å². The van der Waals surface area contributed by atoms with E-state index in [0.717, 1.165) is 4.90 Å². The van der Waals surface area contributed by atoms with Crippen LogP contribution in [0, 0.1) is 0 Å². The maximum Gasteiger partial charge on any atom is 0.325 e. The Bertz CT molecular complexity index is 324. The molecule has 0 radical (unpaired) electrons. The van der Waals surface area contributed by atoms with E-state index in [4.69, 9.17) is 5.11 Å². The second-order valence-corrected chi connectivity index (χ2v) is 4.54. The van der Waals surface area contributed by atoms with Crippen LogP contribution < -0.4 is 10.6 Å². The Labute approximate surface area is 99.2 Å². The van der Waals surface area contributed by atoms with Gasteiger partial charge in [-0.15, -0.1) is 0 Å². The summed E-state index contributed by atoms with van der Waals surface area (Å²) in [5.74, 6) is -0.834. The highest BCUT2D eigenvalue weighted by Crippen LogP contribution is 2.07. The van der Waals surface area contributed by atoms with Crippen LogP contribution in [0.4, 0.5) is 4.79 Å². The number of carbonyl (C=O) groups is 3. The zero-order valence-electron chi connectivity index (χ0n) is 9.95. The van der Waals surface area contributed by atoms with Gasteiger partial charge in [0.25, 0.3) is 5.91 Å². The van der Waals surface area contributed by atoms with Crippen LogP contribution in [0.2, 0.25) is 0 Å². The molecule has 0 aromatic heterocycles. The molecule has 0 unspecified atom stereocenters. The SMILES string of the molecule is CC(C)(CCO)NC(=O)CN1C(=O)CNC1=O. The minimum absolute atomic E-state index is 0.0452. The summed E-state index contributed by atoms with van der Waals surface area (Å²) < 4.78 is 0. The molecular formula is C10H17N3O4. The fourth-order valence-corrected chi connectivity index (χ4v) is 1.52. The Hall–Kier alpha value is -1.63. The van der Waals surface area contributed by atoms with Crippen LogP contribution in [0.25, 0.3) is 0 Å². The number of imide groups is 1. The number of nitrogens with one attached hydrogen (secondary N) is 2. The monoisotopic (exact) mass is 243 g/mol. The van der Waals surface area contributed by atoms with Crippen LogP contribution in [-0.2, 0) is 9.59 Å². The lowest BCUT2D eigenvalue weighted by atomic mass is 10.0. The molecule has 7 heteroatoms. The fourth-order valence-electron chi connectivity index (χ4n) is 1.52. The second kappa shape index (κ2) is 5.13. The molecule has 1 saturated heterocycles. The number of carbonyl (C=O) groups excluding carboxylic acids is 3. The van der Waals surface area contributed by atoms with Crippen molar-refractivity contribution in [2.75, 3.05) is 19.7 Å². The number of hydrogen-bond acceptors (Lipinski definition) is 4. The molecule has 1 heterocycles. The highest BCUT2D eigenvalue weighted by Gasteiger charge is 2.31. The maximum atomic E-state index is 11.6. The third kappa shape index (κ3) is 3.70. The summed E-state index contributed by atoms with van der Waals surface area (Å²) in [7, 11) is 0. The van der Waals surface area contributed by atoms with Crippen LogP contribution in [0.15, 0.2) is 0 Å². The molecule has 1 aliphatic heterocycles. The minimum Gasteiger partial charge on any atom is -0.396 e. The first-order valence-electron chi connectivity index (χ1n) is 5.36. The van der Waals surface area contributed by atoms with Crippen molar-refractivity contribution >= 4 is 17.8 Å². The van der Waals surface area contributed by atoms with E-state index in [1.165, 1.54) is 0 Å². The molecule has 1 aliphatic rings. The van der Waals surface area contributed by atoms with Crippen LogP contribution >= 0.6 is 0 Å². The van der Waals surface area contributed by atoms with Crippen molar-refractivity contribution in [2.45, 2.75) is 25.8 Å². The van der Waals surface area contributed by atoms with E-state index in [1.807, 2.05) is 0 Å². The van der Waals surface area contributed by atoms with Gasteiger partial charge < -0.3 is 15.7 Å². The lowest BCUT2D eigenvalue weighted by Crippen LogP contribution is -2.49. The molecule has 4 amide bonds. The molecule has 0 aliphatic carbocycles. The molecule has 0 spiro atoms. The minimum atomic E-state index is -0.564. The maximum absolute atomic E-state index is 11.6. The van der Waals surface area contributed by atoms with Crippen molar-refractivity contribution in [3.05, 3.63) is 0 Å². The van der Waals surface area contributed by atoms with Gasteiger partial charge in [0.05, 0.1) is 6.54 Å². The summed E-state index contributed by atoms with van der Waals surface area (Å²) in [5.41, 5.74) is -0.564. The standard InChI is InChI=1S/C10H17N3O4/c1-10(2,3-4-14)12-7(15)6-13-8(16)5-11-9(13)17/h14H,3-6H2,1-2H3,(H,11,17)(H,12,15). The van der Waals surface area contributed by atoms with Gasteiger partial charge in [-0.25, -0.2) is 4.79 Å². The number of rotatable bonds is 5. The summed E-state index contributed by atoms with van der Waals surface area (Å²) in [5, 5.41) is 13.8. The molecule has 0 aromatic carbocycles. The Balaban J connectivity index is 2.49. The molecule has 17 heavy (non-hydrogen) atoms. The van der Waals surface area contributed by atoms with E-state index >= 15 is 0 Å². The average molecular weight is 243 g/mol. The fraction of sp³-hybridized carbons (Fsp3) is 0.700. The molecule has 1 rings (SSSR count). The van der Waals surface area contributed by atoms with Crippen LogP contribution in [0.5, 0.6) is 0 Å². The summed E-state index contributed by atoms with van der Waals surface area (Å²) in [6.07, 6.45) is 0.402. The van der Waals surface area contributed by atoms with E-state index in [0.29, 0.717) is 6.42 Å². The Morgan fingerprint density at radius 2 is 2.18 bits per heavy atom. The van der Waals surface area contributed by atoms with Gasteiger partial charge in [0.2, 0.25) is 5.91 Å². The number of nitrogens with zero attached hydrogens (tertiary/aromatic N) is 1. The van der Waals surface area contributed by atoms with E-state index in [1.54, 1.807) is 13.8 Å². The molecule has 0 atom stereocenters. The van der Waals surface area contributed by atoms with Gasteiger partial charge in [-0.3, -0.25) is 14.5 Å². The van der Waals surface area contributed by atoms with E-state index < -0.39 is 23.4 Å². The molecule has 0 bridgehead atoms. The summed E-state index contributed by atoms with van der Waals surface area (Å²) in [6.45, 7) is 3.11. The molecule has 96 valence electrons. The van der Waals surface area contributed by atoms with Crippen molar-refractivity contribution in [1.82, 2.24) is 15.5 Å². The summed E-state index contributed by atoms with van der Waals surface area (Å²) in [6, 6.07) is -0.551. The predicted octanol–water partition coefficient (Wildman–Crippen LogP) is -1.18. The molecule has 7 nitrogen and oxygen atoms in total. The zero-order chi connectivity index (χ0) is 13.1. The smallest absolute Gasteiger partial charge is 0.325 e. The summed E-state index contributed by atoms with van der Waals surface area (Å²) >= 11 is 0. The van der Waals surface area contributed by atoms with Crippen molar-refractivity contribution in [2.24, 2.45) is 0 Å². The molecular weight excluding hydrogens is 226 g/mol. The highest BCUT2D eigenvalue weighted by atomic mass is 16.3. The van der Waals surface area contributed by atoms with Crippen LogP contribution in [0.3, 0.4) is 0 Å². The van der Waals surface area contributed by atoms with Gasteiger partial charge in [-0.05, 0) is 20.3 Å².